The maximum atomic E-state index is 13.5. The average Bonchev–Trinajstić information content (AvgIpc) is 3.99. The molecule has 2 heterocycles. The number of carbonyl (C=O) groups is 1. The van der Waals surface area contributed by atoms with Crippen molar-refractivity contribution < 1.29 is 32.2 Å². The van der Waals surface area contributed by atoms with Gasteiger partial charge in [-0.2, -0.15) is 0 Å². The van der Waals surface area contributed by atoms with E-state index in [0.29, 0.717) is 48.0 Å². The third-order valence-electron chi connectivity index (χ3n) is 8.97. The van der Waals surface area contributed by atoms with Gasteiger partial charge in [-0.1, -0.05) is 34.1 Å². The summed E-state index contributed by atoms with van der Waals surface area (Å²) in [6, 6.07) is 15.0. The van der Waals surface area contributed by atoms with Crippen LogP contribution in [0, 0.1) is 43.5 Å². The molecular weight excluding hydrogens is 792 g/mol. The number of nitro groups is 2. The Morgan fingerprint density at radius 3 is 1.78 bits per heavy atom. The van der Waals surface area contributed by atoms with E-state index in [-0.39, 0.29) is 57.9 Å². The first-order chi connectivity index (χ1) is 26.4. The van der Waals surface area contributed by atoms with E-state index >= 15 is 0 Å². The standard InChI is InChI=1S/C11H11FN2O.C10H11FN2O2.C9H12FN3.C7H5BrFNO2/c12-9-2-1-3-10-8(9)6-14(7-4-5-7)11(15)13-10;11-9-2-1-3-10(13(14)15)8(9)6-12-7-4-5-7;10-8-3-4-12-9(11)7(8)5-13-6-1-2-6;8-4-5-6(9)2-1-3-7(5)10(11)12/h1-3,7H,4-6H2,(H,13,15);1-3,7,12H,4-6H2;3-4,6,13H,1-2,5H2,(H2,11,12);1-3H,4H2. The molecule has 0 radical (unpaired) electrons. The van der Waals surface area contributed by atoms with Crippen molar-refractivity contribution in [1.82, 2.24) is 20.5 Å². The smallest absolute Gasteiger partial charge is 0.322 e. The Morgan fingerprint density at radius 1 is 0.764 bits per heavy atom. The number of nitrogen functional groups attached to an aromatic ring is 1. The number of pyridine rings is 1. The summed E-state index contributed by atoms with van der Waals surface area (Å²) in [4.78, 5) is 37.0. The SMILES string of the molecule is Nc1nccc(F)c1CNC1CC1.O=C1Nc2cccc(F)c2CN1C1CC1.O=[N+]([O-])c1cccc(F)c1CBr.O=[N+]([O-])c1cccc(F)c1CNC1CC1. The molecule has 2 amide bonds. The fourth-order valence-electron chi connectivity index (χ4n) is 5.42. The zero-order chi connectivity index (χ0) is 39.6. The maximum Gasteiger partial charge on any atom is 0.322 e. The molecule has 18 heteroatoms. The fraction of sp³-hybridized carbons (Fsp3) is 0.351. The first-order valence-corrected chi connectivity index (χ1v) is 18.6. The number of urea groups is 1. The van der Waals surface area contributed by atoms with Crippen molar-refractivity contribution in [2.75, 3.05) is 11.1 Å². The molecule has 55 heavy (non-hydrogen) atoms. The van der Waals surface area contributed by atoms with Gasteiger partial charge in [-0.3, -0.25) is 20.2 Å². The van der Waals surface area contributed by atoms with E-state index in [0.717, 1.165) is 25.7 Å². The number of aromatic nitrogens is 1. The molecule has 13 nitrogen and oxygen atoms in total. The van der Waals surface area contributed by atoms with Crippen molar-refractivity contribution in [1.29, 1.82) is 0 Å². The highest BCUT2D eigenvalue weighted by molar-refractivity contribution is 9.08. The second-order valence-electron chi connectivity index (χ2n) is 13.1. The highest BCUT2D eigenvalue weighted by Gasteiger charge is 2.36. The van der Waals surface area contributed by atoms with Crippen molar-refractivity contribution in [2.24, 2.45) is 0 Å². The Labute approximate surface area is 322 Å². The topological polar surface area (TPSA) is 182 Å². The van der Waals surface area contributed by atoms with Gasteiger partial charge in [-0.15, -0.1) is 0 Å². The third-order valence-corrected chi connectivity index (χ3v) is 9.54. The van der Waals surface area contributed by atoms with Gasteiger partial charge in [0.25, 0.3) is 11.4 Å². The summed E-state index contributed by atoms with van der Waals surface area (Å²) in [6.07, 6.45) is 7.97. The number of hydrogen-bond donors (Lipinski definition) is 4. The van der Waals surface area contributed by atoms with Crippen molar-refractivity contribution in [3.63, 3.8) is 0 Å². The van der Waals surface area contributed by atoms with Crippen LogP contribution in [0.3, 0.4) is 0 Å². The predicted octanol–water partition coefficient (Wildman–Crippen LogP) is 8.01. The summed E-state index contributed by atoms with van der Waals surface area (Å²) in [7, 11) is 0. The largest absolute Gasteiger partial charge is 0.383 e. The monoisotopic (exact) mass is 830 g/mol. The molecule has 3 fully saturated rings. The number of nitrogens with two attached hydrogens (primary N) is 1. The Morgan fingerprint density at radius 2 is 1.27 bits per heavy atom. The molecule has 0 saturated heterocycles. The van der Waals surface area contributed by atoms with Crippen LogP contribution < -0.4 is 21.7 Å². The van der Waals surface area contributed by atoms with Gasteiger partial charge in [-0.05, 0) is 68.9 Å². The fourth-order valence-corrected chi connectivity index (χ4v) is 5.97. The summed E-state index contributed by atoms with van der Waals surface area (Å²) >= 11 is 2.98. The number of halogens is 5. The number of nitrogens with one attached hydrogen (secondary N) is 3. The minimum Gasteiger partial charge on any atom is -0.383 e. The van der Waals surface area contributed by atoms with Gasteiger partial charge in [0.15, 0.2) is 0 Å². The molecule has 0 spiro atoms. The molecule has 4 aliphatic rings. The van der Waals surface area contributed by atoms with Crippen LogP contribution in [0.2, 0.25) is 0 Å². The molecule has 0 atom stereocenters. The van der Waals surface area contributed by atoms with E-state index in [1.165, 1.54) is 67.6 Å². The van der Waals surface area contributed by atoms with Crippen molar-refractivity contribution in [3.8, 4) is 0 Å². The molecular formula is C37H39BrF4N8O5. The maximum absolute atomic E-state index is 13.5. The molecule has 8 rings (SSSR count). The van der Waals surface area contributed by atoms with Gasteiger partial charge in [0, 0.05) is 66.0 Å². The number of rotatable bonds is 10. The molecule has 3 aromatic carbocycles. The summed E-state index contributed by atoms with van der Waals surface area (Å²) in [5.74, 6) is -1.30. The number of anilines is 2. The minimum atomic E-state index is -0.598. The number of alkyl halides is 1. The second kappa shape index (κ2) is 18.9. The van der Waals surface area contributed by atoms with Crippen LogP contribution in [-0.4, -0.2) is 43.9 Å². The number of hydrogen-bond acceptors (Lipinski definition) is 9. The molecule has 3 saturated carbocycles. The van der Waals surface area contributed by atoms with E-state index in [4.69, 9.17) is 5.73 Å². The lowest BCUT2D eigenvalue weighted by molar-refractivity contribution is -0.385. The normalized spacial score (nSPS) is 15.5. The number of nitro benzene ring substituents is 2. The minimum absolute atomic E-state index is 0.0856. The van der Waals surface area contributed by atoms with Gasteiger partial charge in [0.1, 0.15) is 29.1 Å². The lowest BCUT2D eigenvalue weighted by Gasteiger charge is -2.29. The molecule has 3 aliphatic carbocycles. The van der Waals surface area contributed by atoms with E-state index in [2.05, 4.69) is 36.9 Å². The van der Waals surface area contributed by atoms with Gasteiger partial charge in [0.2, 0.25) is 0 Å². The third kappa shape index (κ3) is 11.6. The Hall–Kier alpha value is -5.20. The molecule has 0 unspecified atom stereocenters. The average molecular weight is 832 g/mol. The summed E-state index contributed by atoms with van der Waals surface area (Å²) < 4.78 is 52.9. The quantitative estimate of drug-likeness (QED) is 0.0533. The molecule has 292 valence electrons. The van der Waals surface area contributed by atoms with E-state index in [1.54, 1.807) is 17.0 Å². The number of nitrogens with zero attached hydrogens (tertiary/aromatic N) is 4. The molecule has 4 aromatic rings. The summed E-state index contributed by atoms with van der Waals surface area (Å²) in [5, 5.41) is 30.1. The van der Waals surface area contributed by atoms with E-state index in [1.807, 2.05) is 0 Å². The Kier molecular flexibility index (Phi) is 14.1. The van der Waals surface area contributed by atoms with Crippen LogP contribution in [0.4, 0.5) is 45.2 Å². The van der Waals surface area contributed by atoms with Gasteiger partial charge < -0.3 is 26.6 Å². The van der Waals surface area contributed by atoms with Crippen LogP contribution in [0.5, 0.6) is 0 Å². The number of carbonyl (C=O) groups excluding carboxylic acids is 1. The second-order valence-corrected chi connectivity index (χ2v) is 13.7. The first-order valence-electron chi connectivity index (χ1n) is 17.5. The van der Waals surface area contributed by atoms with Crippen molar-refractivity contribution >= 4 is 44.8 Å². The van der Waals surface area contributed by atoms with Crippen LogP contribution in [0.25, 0.3) is 0 Å². The number of fused-ring (bicyclic) bond motifs is 1. The Balaban J connectivity index is 0.000000141. The number of amides is 2. The summed E-state index contributed by atoms with van der Waals surface area (Å²) in [5.41, 5.74) is 7.12. The molecule has 5 N–H and O–H groups in total. The van der Waals surface area contributed by atoms with E-state index in [9.17, 15) is 42.6 Å². The Bertz CT molecular complexity index is 2000. The van der Waals surface area contributed by atoms with Crippen LogP contribution in [-0.2, 0) is 25.0 Å². The number of benzene rings is 3. The molecule has 1 aromatic heterocycles. The highest BCUT2D eigenvalue weighted by Crippen LogP contribution is 2.34. The molecule has 1 aliphatic heterocycles. The van der Waals surface area contributed by atoms with Crippen LogP contribution in [0.1, 0.15) is 60.8 Å². The lowest BCUT2D eigenvalue weighted by atomic mass is 10.1. The van der Waals surface area contributed by atoms with Crippen LogP contribution in [0.15, 0.2) is 66.9 Å². The predicted molar refractivity (Wildman–Crippen MR) is 201 cm³/mol. The zero-order valence-electron chi connectivity index (χ0n) is 29.5. The van der Waals surface area contributed by atoms with Gasteiger partial charge >= 0.3 is 6.03 Å². The highest BCUT2D eigenvalue weighted by atomic mass is 79.9. The first kappa shape index (κ1) is 41.0. The molecule has 0 bridgehead atoms. The van der Waals surface area contributed by atoms with Crippen molar-refractivity contribution in [3.05, 3.63) is 133 Å². The lowest BCUT2D eigenvalue weighted by Crippen LogP contribution is -2.40. The van der Waals surface area contributed by atoms with Gasteiger partial charge in [0.05, 0.1) is 33.2 Å². The summed E-state index contributed by atoms with van der Waals surface area (Å²) in [6.45, 7) is 1.11. The van der Waals surface area contributed by atoms with Gasteiger partial charge in [-0.25, -0.2) is 27.3 Å². The van der Waals surface area contributed by atoms with E-state index < -0.39 is 21.5 Å². The van der Waals surface area contributed by atoms with Crippen LogP contribution >= 0.6 is 15.9 Å². The van der Waals surface area contributed by atoms with Crippen molar-refractivity contribution in [2.45, 2.75) is 81.6 Å². The zero-order valence-corrected chi connectivity index (χ0v) is 31.0.